The van der Waals surface area contributed by atoms with E-state index >= 15 is 0 Å². The molecule has 7 nitrogen and oxygen atoms in total. The second kappa shape index (κ2) is 7.39. The van der Waals surface area contributed by atoms with Gasteiger partial charge in [-0.05, 0) is 23.8 Å². The third kappa shape index (κ3) is 3.90. The zero-order valence-electron chi connectivity index (χ0n) is 15.5. The Bertz CT molecular complexity index is 1190. The molecule has 0 radical (unpaired) electrons. The lowest BCUT2D eigenvalue weighted by molar-refractivity contribution is -0.137. The molecule has 0 bridgehead atoms. The van der Waals surface area contributed by atoms with Gasteiger partial charge in [-0.15, -0.1) is 10.2 Å². The molecule has 0 amide bonds. The largest absolute Gasteiger partial charge is 0.416 e. The normalized spacial score (nSPS) is 12.2. The minimum Gasteiger partial charge on any atom is -0.307 e. The Morgan fingerprint density at radius 2 is 1.86 bits per heavy atom. The van der Waals surface area contributed by atoms with Crippen molar-refractivity contribution in [2.45, 2.75) is 18.0 Å². The fraction of sp³-hybridized carbons (Fsp3) is 0.222. The molecule has 0 N–H and O–H groups in total. The van der Waals surface area contributed by atoms with Gasteiger partial charge in [0.05, 0.1) is 16.2 Å². The second-order valence-corrected chi connectivity index (χ2v) is 8.30. The van der Waals surface area contributed by atoms with Crippen molar-refractivity contribution in [2.75, 3.05) is 5.75 Å². The number of hydrogen-bond acceptors (Lipinski definition) is 6. The highest BCUT2D eigenvalue weighted by atomic mass is 32.2. The summed E-state index contributed by atoms with van der Waals surface area (Å²) >= 11 is 0. The average Bonchev–Trinajstić information content (AvgIpc) is 3.08. The minimum absolute atomic E-state index is 0.0422. The highest BCUT2D eigenvalue weighted by Gasteiger charge is 2.31. The lowest BCUT2D eigenvalue weighted by Gasteiger charge is -2.10. The molecule has 3 aromatic rings. The van der Waals surface area contributed by atoms with Crippen LogP contribution >= 0.6 is 0 Å². The molecule has 3 aromatic heterocycles. The Morgan fingerprint density at radius 3 is 2.48 bits per heavy atom. The number of rotatable bonds is 5. The van der Waals surface area contributed by atoms with Crippen LogP contribution in [0, 0.1) is 0 Å². The fourth-order valence-electron chi connectivity index (χ4n) is 2.62. The molecule has 0 aliphatic rings. The van der Waals surface area contributed by atoms with Gasteiger partial charge in [0.25, 0.3) is 0 Å². The first-order chi connectivity index (χ1) is 13.6. The Kier molecular flexibility index (Phi) is 5.26. The lowest BCUT2D eigenvalue weighted by atomic mass is 10.2. The van der Waals surface area contributed by atoms with E-state index in [4.69, 9.17) is 0 Å². The summed E-state index contributed by atoms with van der Waals surface area (Å²) in [6.45, 7) is 5.10. The molecule has 0 saturated carbocycles. The van der Waals surface area contributed by atoms with Crippen LogP contribution in [0.5, 0.6) is 0 Å². The highest BCUT2D eigenvalue weighted by Crippen LogP contribution is 2.32. The summed E-state index contributed by atoms with van der Waals surface area (Å²) in [6, 6.07) is 3.12. The Labute approximate surface area is 164 Å². The minimum atomic E-state index is -4.54. The summed E-state index contributed by atoms with van der Waals surface area (Å²) in [4.78, 5) is 8.06. The smallest absolute Gasteiger partial charge is 0.307 e. The monoisotopic (exact) mass is 423 g/mol. The molecule has 3 heterocycles. The first kappa shape index (κ1) is 20.6. The first-order valence-electron chi connectivity index (χ1n) is 8.37. The standard InChI is InChI=1S/C18H16F3N5O2S/c1-4-11-8-14(29(27,28)5-2)15(23-10-11)17-25-24-16(26(17)3)13-9-12(6-7-22-13)18(19,20)21/h4,6-10H,1,5H2,2-3H3. The number of sulfone groups is 1. The van der Waals surface area contributed by atoms with E-state index in [1.54, 1.807) is 0 Å². The molecular formula is C18H16F3N5O2S. The molecule has 0 spiro atoms. The van der Waals surface area contributed by atoms with Gasteiger partial charge in [-0.2, -0.15) is 13.2 Å². The van der Waals surface area contributed by atoms with Gasteiger partial charge >= 0.3 is 6.18 Å². The van der Waals surface area contributed by atoms with Crippen LogP contribution in [-0.2, 0) is 23.1 Å². The maximum atomic E-state index is 13.0. The van der Waals surface area contributed by atoms with E-state index in [0.29, 0.717) is 5.56 Å². The molecule has 11 heteroatoms. The van der Waals surface area contributed by atoms with Gasteiger partial charge in [-0.1, -0.05) is 19.6 Å². The van der Waals surface area contributed by atoms with Crippen LogP contribution in [-0.4, -0.2) is 38.9 Å². The van der Waals surface area contributed by atoms with Crippen molar-refractivity contribution >= 4 is 15.9 Å². The first-order valence-corrected chi connectivity index (χ1v) is 10.0. The van der Waals surface area contributed by atoms with Crippen LogP contribution in [0.1, 0.15) is 18.1 Å². The predicted octanol–water partition coefficient (Wildman–Crippen LogP) is 3.39. The molecule has 0 fully saturated rings. The van der Waals surface area contributed by atoms with Crippen molar-refractivity contribution in [2.24, 2.45) is 7.05 Å². The van der Waals surface area contributed by atoms with E-state index in [1.165, 1.54) is 36.9 Å². The van der Waals surface area contributed by atoms with E-state index in [0.717, 1.165) is 18.3 Å². The van der Waals surface area contributed by atoms with E-state index in [2.05, 4.69) is 26.7 Å². The number of nitrogens with zero attached hydrogens (tertiary/aromatic N) is 5. The molecule has 0 atom stereocenters. The SMILES string of the molecule is C=Cc1cnc(-c2nnc(-c3cc(C(F)(F)F)ccn3)n2C)c(S(=O)(=O)CC)c1. The maximum Gasteiger partial charge on any atom is 0.416 e. The van der Waals surface area contributed by atoms with Gasteiger partial charge in [-0.3, -0.25) is 9.97 Å². The van der Waals surface area contributed by atoms with Gasteiger partial charge in [-0.25, -0.2) is 8.42 Å². The van der Waals surface area contributed by atoms with Crippen molar-refractivity contribution < 1.29 is 21.6 Å². The third-order valence-electron chi connectivity index (χ3n) is 4.23. The van der Waals surface area contributed by atoms with Crippen LogP contribution in [0.2, 0.25) is 0 Å². The van der Waals surface area contributed by atoms with Gasteiger partial charge in [0.2, 0.25) is 0 Å². The molecule has 0 aromatic carbocycles. The molecule has 29 heavy (non-hydrogen) atoms. The Balaban J connectivity index is 2.18. The topological polar surface area (TPSA) is 90.6 Å². The average molecular weight is 423 g/mol. The van der Waals surface area contributed by atoms with Crippen LogP contribution in [0.4, 0.5) is 13.2 Å². The number of alkyl halides is 3. The Morgan fingerprint density at radius 1 is 1.17 bits per heavy atom. The third-order valence-corrected chi connectivity index (χ3v) is 5.97. The van der Waals surface area contributed by atoms with Gasteiger partial charge in [0.1, 0.15) is 11.4 Å². The number of hydrogen-bond donors (Lipinski definition) is 0. The van der Waals surface area contributed by atoms with E-state index in [9.17, 15) is 21.6 Å². The van der Waals surface area contributed by atoms with Crippen LogP contribution in [0.25, 0.3) is 29.1 Å². The summed E-state index contributed by atoms with van der Waals surface area (Å²) < 4.78 is 65.4. The number of halogens is 3. The van der Waals surface area contributed by atoms with E-state index < -0.39 is 21.6 Å². The molecular weight excluding hydrogens is 407 g/mol. The molecule has 0 saturated heterocycles. The highest BCUT2D eigenvalue weighted by molar-refractivity contribution is 7.91. The Hall–Kier alpha value is -3.08. The van der Waals surface area contributed by atoms with Crippen molar-refractivity contribution in [1.82, 2.24) is 24.7 Å². The molecule has 0 aliphatic carbocycles. The zero-order chi connectivity index (χ0) is 21.4. The predicted molar refractivity (Wildman–Crippen MR) is 100 cm³/mol. The van der Waals surface area contributed by atoms with E-state index in [-0.39, 0.29) is 33.7 Å². The number of pyridine rings is 2. The van der Waals surface area contributed by atoms with Crippen molar-refractivity contribution in [3.63, 3.8) is 0 Å². The van der Waals surface area contributed by atoms with Gasteiger partial charge < -0.3 is 4.57 Å². The van der Waals surface area contributed by atoms with Gasteiger partial charge in [0.15, 0.2) is 21.5 Å². The molecule has 152 valence electrons. The maximum absolute atomic E-state index is 13.0. The fourth-order valence-corrected chi connectivity index (χ4v) is 3.68. The summed E-state index contributed by atoms with van der Waals surface area (Å²) in [5, 5.41) is 7.86. The van der Waals surface area contributed by atoms with Gasteiger partial charge in [0, 0.05) is 19.4 Å². The second-order valence-electron chi connectivity index (χ2n) is 6.06. The van der Waals surface area contributed by atoms with Crippen molar-refractivity contribution in [3.05, 3.63) is 48.3 Å². The molecule has 0 unspecified atom stereocenters. The summed E-state index contributed by atoms with van der Waals surface area (Å²) in [7, 11) is -2.17. The summed E-state index contributed by atoms with van der Waals surface area (Å²) in [5.41, 5.74) is -0.383. The number of aromatic nitrogens is 5. The van der Waals surface area contributed by atoms with Crippen molar-refractivity contribution in [1.29, 1.82) is 0 Å². The molecule has 0 aliphatic heterocycles. The lowest BCUT2D eigenvalue weighted by Crippen LogP contribution is -2.09. The van der Waals surface area contributed by atoms with Crippen LogP contribution in [0.15, 0.2) is 42.1 Å². The zero-order valence-corrected chi connectivity index (χ0v) is 16.3. The summed E-state index contributed by atoms with van der Waals surface area (Å²) in [5.74, 6) is -0.0373. The van der Waals surface area contributed by atoms with Crippen molar-refractivity contribution in [3.8, 4) is 23.0 Å². The van der Waals surface area contributed by atoms with E-state index in [1.807, 2.05) is 0 Å². The van der Waals surface area contributed by atoms with Crippen LogP contribution < -0.4 is 0 Å². The summed E-state index contributed by atoms with van der Waals surface area (Å²) in [6.07, 6.45) is -0.631. The quantitative estimate of drug-likeness (QED) is 0.625. The molecule has 3 rings (SSSR count). The van der Waals surface area contributed by atoms with Crippen LogP contribution in [0.3, 0.4) is 0 Å².